The molecule has 6 nitrogen and oxygen atoms in total. The maximum Gasteiger partial charge on any atom is 0.435 e. The normalized spacial score (nSPS) is 18.8. The standard InChI is InChI=1S/C20H19F5N2O4/c1-11(17(28)29)8-10-27-13-7-9-19(21,22)16(14(13)15(26-27)20(23,24)25)31-18(30)12-5-3-2-4-6-12/h2-6,11,16H,7-10H2,1H3,(H,28,29)/t11?,16-/m0/s1. The van der Waals surface area contributed by atoms with Crippen molar-refractivity contribution in [3.63, 3.8) is 0 Å². The zero-order valence-corrected chi connectivity index (χ0v) is 16.3. The van der Waals surface area contributed by atoms with Crippen molar-refractivity contribution in [2.24, 2.45) is 5.92 Å². The van der Waals surface area contributed by atoms with Crippen LogP contribution in [0.1, 0.15) is 53.2 Å². The summed E-state index contributed by atoms with van der Waals surface area (Å²) in [5, 5.41) is 12.4. The van der Waals surface area contributed by atoms with Gasteiger partial charge >= 0.3 is 18.1 Å². The number of hydrogen-bond donors (Lipinski definition) is 1. The average Bonchev–Trinajstić information content (AvgIpc) is 3.07. The third-order valence-electron chi connectivity index (χ3n) is 5.14. The summed E-state index contributed by atoms with van der Waals surface area (Å²) in [5.74, 6) is -6.93. The lowest BCUT2D eigenvalue weighted by Crippen LogP contribution is -2.36. The van der Waals surface area contributed by atoms with Gasteiger partial charge in [-0.1, -0.05) is 25.1 Å². The molecule has 11 heteroatoms. The first-order valence-electron chi connectivity index (χ1n) is 9.45. The summed E-state index contributed by atoms with van der Waals surface area (Å²) in [6, 6.07) is 7.10. The Kier molecular flexibility index (Phi) is 6.06. The number of halogens is 5. The Balaban J connectivity index is 2.02. The molecule has 2 atom stereocenters. The van der Waals surface area contributed by atoms with E-state index in [1.165, 1.54) is 31.2 Å². The minimum absolute atomic E-state index is 0.0500. The van der Waals surface area contributed by atoms with Crippen molar-refractivity contribution in [3.05, 3.63) is 52.8 Å². The average molecular weight is 446 g/mol. The summed E-state index contributed by atoms with van der Waals surface area (Å²) in [6.07, 6.45) is -8.85. The third-order valence-corrected chi connectivity index (χ3v) is 5.14. The molecule has 1 unspecified atom stereocenters. The van der Waals surface area contributed by atoms with Crippen LogP contribution in [0, 0.1) is 5.92 Å². The number of fused-ring (bicyclic) bond motifs is 1. The maximum atomic E-state index is 14.7. The minimum Gasteiger partial charge on any atom is -0.481 e. The highest BCUT2D eigenvalue weighted by Gasteiger charge is 2.54. The second-order valence-corrected chi connectivity index (χ2v) is 7.37. The number of aryl methyl sites for hydroxylation is 1. The zero-order valence-electron chi connectivity index (χ0n) is 16.3. The first-order chi connectivity index (χ1) is 14.4. The van der Waals surface area contributed by atoms with Gasteiger partial charge in [-0.15, -0.1) is 0 Å². The van der Waals surface area contributed by atoms with Crippen LogP contribution in [0.5, 0.6) is 0 Å². The molecule has 1 heterocycles. The molecule has 1 aliphatic rings. The molecule has 0 amide bonds. The van der Waals surface area contributed by atoms with E-state index in [4.69, 9.17) is 9.84 Å². The molecular weight excluding hydrogens is 427 g/mol. The zero-order chi connectivity index (χ0) is 23.0. The molecule has 1 aromatic heterocycles. The highest BCUT2D eigenvalue weighted by Crippen LogP contribution is 2.48. The van der Waals surface area contributed by atoms with Crippen molar-refractivity contribution < 1.29 is 41.4 Å². The van der Waals surface area contributed by atoms with Crippen molar-refractivity contribution in [2.45, 2.75) is 50.9 Å². The predicted octanol–water partition coefficient (Wildman–Crippen LogP) is 4.49. The van der Waals surface area contributed by atoms with E-state index in [2.05, 4.69) is 5.10 Å². The quantitative estimate of drug-likeness (QED) is 0.522. The number of carboxylic acids is 1. The number of ether oxygens (including phenoxy) is 1. The number of esters is 1. The van der Waals surface area contributed by atoms with Gasteiger partial charge in [0.25, 0.3) is 5.92 Å². The summed E-state index contributed by atoms with van der Waals surface area (Å²) in [5.41, 5.74) is -2.66. The van der Waals surface area contributed by atoms with E-state index in [0.29, 0.717) is 0 Å². The number of rotatable bonds is 6. The smallest absolute Gasteiger partial charge is 0.435 e. The largest absolute Gasteiger partial charge is 0.481 e. The Morgan fingerprint density at radius 3 is 2.52 bits per heavy atom. The fourth-order valence-corrected chi connectivity index (χ4v) is 3.41. The van der Waals surface area contributed by atoms with Crippen LogP contribution in [0.15, 0.2) is 30.3 Å². The van der Waals surface area contributed by atoms with E-state index >= 15 is 0 Å². The second-order valence-electron chi connectivity index (χ2n) is 7.37. The second kappa shape index (κ2) is 8.27. The molecule has 0 saturated heterocycles. The molecule has 2 aromatic rings. The van der Waals surface area contributed by atoms with E-state index < -0.39 is 60.2 Å². The Bertz CT molecular complexity index is 972. The number of hydrogen-bond acceptors (Lipinski definition) is 4. The summed E-state index contributed by atoms with van der Waals surface area (Å²) in [6.45, 7) is 1.17. The van der Waals surface area contributed by atoms with Crippen molar-refractivity contribution in [1.82, 2.24) is 9.78 Å². The lowest BCUT2D eigenvalue weighted by molar-refractivity contribution is -0.151. The van der Waals surface area contributed by atoms with Crippen LogP contribution in [0.3, 0.4) is 0 Å². The van der Waals surface area contributed by atoms with Crippen molar-refractivity contribution >= 4 is 11.9 Å². The number of nitrogens with zero attached hydrogens (tertiary/aromatic N) is 2. The van der Waals surface area contributed by atoms with Gasteiger partial charge in [0.2, 0.25) is 0 Å². The lowest BCUT2D eigenvalue weighted by atomic mass is 9.89. The number of carbonyl (C=O) groups excluding carboxylic acids is 1. The first kappa shape index (κ1) is 22.7. The Morgan fingerprint density at radius 2 is 1.94 bits per heavy atom. The van der Waals surface area contributed by atoms with Gasteiger partial charge in [0.1, 0.15) is 0 Å². The summed E-state index contributed by atoms with van der Waals surface area (Å²) < 4.78 is 76.1. The predicted molar refractivity (Wildman–Crippen MR) is 96.5 cm³/mol. The summed E-state index contributed by atoms with van der Waals surface area (Å²) in [7, 11) is 0. The fraction of sp³-hybridized carbons (Fsp3) is 0.450. The number of carboxylic acid groups (broad SMARTS) is 1. The highest BCUT2D eigenvalue weighted by molar-refractivity contribution is 5.89. The van der Waals surface area contributed by atoms with Crippen LogP contribution < -0.4 is 0 Å². The first-order valence-corrected chi connectivity index (χ1v) is 9.45. The molecule has 1 aliphatic carbocycles. The van der Waals surface area contributed by atoms with Crippen molar-refractivity contribution in [3.8, 4) is 0 Å². The molecule has 0 spiro atoms. The topological polar surface area (TPSA) is 81.4 Å². The number of benzene rings is 1. The van der Waals surface area contributed by atoms with E-state index in [1.54, 1.807) is 6.07 Å². The molecule has 168 valence electrons. The molecule has 0 aliphatic heterocycles. The van der Waals surface area contributed by atoms with Crippen molar-refractivity contribution in [2.75, 3.05) is 0 Å². The number of aromatic nitrogens is 2. The van der Waals surface area contributed by atoms with Crippen molar-refractivity contribution in [1.29, 1.82) is 0 Å². The number of carbonyl (C=O) groups is 2. The van der Waals surface area contributed by atoms with Gasteiger partial charge in [0.15, 0.2) is 11.8 Å². The van der Waals surface area contributed by atoms with Crippen LogP contribution in [-0.4, -0.2) is 32.7 Å². The van der Waals surface area contributed by atoms with E-state index in [0.717, 1.165) is 4.68 Å². The third kappa shape index (κ3) is 4.70. The maximum absolute atomic E-state index is 14.7. The van der Waals surface area contributed by atoms with E-state index in [1.807, 2.05) is 0 Å². The number of aliphatic carboxylic acids is 1. The monoisotopic (exact) mass is 446 g/mol. The Labute approximate surface area is 173 Å². The van der Waals surface area contributed by atoms with Crippen LogP contribution in [-0.2, 0) is 28.7 Å². The van der Waals surface area contributed by atoms with E-state index in [-0.39, 0.29) is 24.2 Å². The molecular formula is C20H19F5N2O4. The molecule has 0 saturated carbocycles. The molecule has 31 heavy (non-hydrogen) atoms. The Hall–Kier alpha value is -2.98. The summed E-state index contributed by atoms with van der Waals surface area (Å²) >= 11 is 0. The molecule has 1 aromatic carbocycles. The fourth-order valence-electron chi connectivity index (χ4n) is 3.41. The molecule has 3 rings (SSSR count). The van der Waals surface area contributed by atoms with Gasteiger partial charge in [0.05, 0.1) is 17.0 Å². The summed E-state index contributed by atoms with van der Waals surface area (Å²) in [4.78, 5) is 23.3. The van der Waals surface area contributed by atoms with Crippen LogP contribution >= 0.6 is 0 Å². The van der Waals surface area contributed by atoms with Gasteiger partial charge in [-0.05, 0) is 25.0 Å². The van der Waals surface area contributed by atoms with Gasteiger partial charge in [-0.3, -0.25) is 9.48 Å². The molecule has 1 N–H and O–H groups in total. The van der Waals surface area contributed by atoms with Crippen LogP contribution in [0.2, 0.25) is 0 Å². The number of alkyl halides is 5. The van der Waals surface area contributed by atoms with Gasteiger partial charge < -0.3 is 9.84 Å². The van der Waals surface area contributed by atoms with Gasteiger partial charge in [-0.25, -0.2) is 13.6 Å². The highest BCUT2D eigenvalue weighted by atomic mass is 19.4. The molecule has 0 bridgehead atoms. The van der Waals surface area contributed by atoms with Crippen LogP contribution in [0.4, 0.5) is 22.0 Å². The molecule has 0 radical (unpaired) electrons. The van der Waals surface area contributed by atoms with Crippen LogP contribution in [0.25, 0.3) is 0 Å². The van der Waals surface area contributed by atoms with E-state index in [9.17, 15) is 31.5 Å². The Morgan fingerprint density at radius 1 is 1.29 bits per heavy atom. The van der Waals surface area contributed by atoms with Gasteiger partial charge in [0, 0.05) is 18.7 Å². The molecule has 0 fully saturated rings. The van der Waals surface area contributed by atoms with Gasteiger partial charge in [-0.2, -0.15) is 18.3 Å². The minimum atomic E-state index is -5.07. The SMILES string of the molecule is CC(CCn1nc(C(F)(F)F)c2c1CCC(F)(F)[C@H]2OC(=O)c1ccccc1)C(=O)O. The lowest BCUT2D eigenvalue weighted by Gasteiger charge is -2.32.